The number of Topliss-reactive ketones (excluding diaryl/α,β-unsaturated/α-hetero) is 1. The van der Waals surface area contributed by atoms with Crippen molar-refractivity contribution < 1.29 is 14.3 Å². The number of para-hydroxylation sites is 1. The maximum Gasteiger partial charge on any atom is 0.271 e. The van der Waals surface area contributed by atoms with Gasteiger partial charge in [0.1, 0.15) is 11.1 Å². The number of H-pyrrole nitrogens is 1. The van der Waals surface area contributed by atoms with Crippen molar-refractivity contribution in [3.05, 3.63) is 76.2 Å². The molecule has 0 spiro atoms. The van der Waals surface area contributed by atoms with Crippen LogP contribution in [0.2, 0.25) is 0 Å². The Kier molecular flexibility index (Phi) is 5.90. The van der Waals surface area contributed by atoms with Crippen molar-refractivity contribution in [2.45, 2.75) is 25.4 Å². The van der Waals surface area contributed by atoms with E-state index < -0.39 is 0 Å². The van der Waals surface area contributed by atoms with Crippen LogP contribution >= 0.6 is 0 Å². The van der Waals surface area contributed by atoms with Gasteiger partial charge in [0.25, 0.3) is 11.5 Å². The van der Waals surface area contributed by atoms with Crippen molar-refractivity contribution >= 4 is 33.5 Å². The molecule has 8 nitrogen and oxygen atoms in total. The lowest BCUT2D eigenvalue weighted by molar-refractivity contribution is 0.0921. The van der Waals surface area contributed by atoms with Gasteiger partial charge in [0.2, 0.25) is 0 Å². The first-order valence-electron chi connectivity index (χ1n) is 11.4. The maximum atomic E-state index is 13.7. The van der Waals surface area contributed by atoms with Crippen LogP contribution in [0.25, 0.3) is 21.8 Å². The van der Waals surface area contributed by atoms with Crippen LogP contribution in [0.4, 0.5) is 0 Å². The van der Waals surface area contributed by atoms with Crippen molar-refractivity contribution in [3.63, 3.8) is 0 Å². The molecule has 3 N–H and O–H groups in total. The molecule has 3 heterocycles. The Labute approximate surface area is 195 Å². The molecular formula is C26H26N4O4. The zero-order chi connectivity index (χ0) is 23.7. The van der Waals surface area contributed by atoms with E-state index in [1.807, 2.05) is 24.3 Å². The molecule has 0 bridgehead atoms. The number of benzene rings is 2. The number of ether oxygens (including phenoxy) is 1. The lowest BCUT2D eigenvalue weighted by Gasteiger charge is -2.23. The second-order valence-corrected chi connectivity index (χ2v) is 8.48. The molecule has 174 valence electrons. The van der Waals surface area contributed by atoms with Crippen molar-refractivity contribution in [3.8, 4) is 5.75 Å². The fourth-order valence-corrected chi connectivity index (χ4v) is 4.66. The number of aromatic nitrogens is 2. The van der Waals surface area contributed by atoms with Crippen molar-refractivity contribution in [2.75, 3.05) is 20.2 Å². The van der Waals surface area contributed by atoms with Crippen LogP contribution in [0.3, 0.4) is 0 Å². The summed E-state index contributed by atoms with van der Waals surface area (Å²) >= 11 is 0. The lowest BCUT2D eigenvalue weighted by Crippen LogP contribution is -2.42. The molecule has 1 fully saturated rings. The van der Waals surface area contributed by atoms with Crippen LogP contribution in [0.5, 0.6) is 5.75 Å². The number of carbonyl (C=O) groups is 2. The fraction of sp³-hybridized carbons (Fsp3) is 0.269. The van der Waals surface area contributed by atoms with E-state index in [4.69, 9.17) is 4.74 Å². The maximum absolute atomic E-state index is 13.7. The summed E-state index contributed by atoms with van der Waals surface area (Å²) in [7, 11) is 1.44. The van der Waals surface area contributed by atoms with Crippen LogP contribution in [0.15, 0.2) is 59.4 Å². The highest BCUT2D eigenvalue weighted by atomic mass is 16.5. The summed E-state index contributed by atoms with van der Waals surface area (Å²) in [6, 6.07) is 16.3. The predicted molar refractivity (Wildman–Crippen MR) is 131 cm³/mol. The molecule has 0 radical (unpaired) electrons. The summed E-state index contributed by atoms with van der Waals surface area (Å²) in [6.07, 6.45) is 1.68. The Morgan fingerprint density at radius 2 is 1.76 bits per heavy atom. The van der Waals surface area contributed by atoms with Crippen LogP contribution < -0.4 is 20.9 Å². The molecule has 8 heteroatoms. The number of hydrogen-bond donors (Lipinski definition) is 3. The SMILES string of the molecule is COc1c(C(=O)NC2CCNCC2)[nH]c2c1c(=O)n(CC(=O)c1ccccc1)c1ccccc21. The highest BCUT2D eigenvalue weighted by molar-refractivity contribution is 6.11. The van der Waals surface area contributed by atoms with E-state index in [0.717, 1.165) is 31.3 Å². The first-order valence-corrected chi connectivity index (χ1v) is 11.4. The van der Waals surface area contributed by atoms with Gasteiger partial charge in [0.05, 0.1) is 24.7 Å². The molecule has 2 aromatic carbocycles. The minimum absolute atomic E-state index is 0.0572. The molecule has 0 unspecified atom stereocenters. The number of amides is 1. The highest BCUT2D eigenvalue weighted by Gasteiger charge is 2.26. The van der Waals surface area contributed by atoms with Crippen molar-refractivity contribution in [1.82, 2.24) is 20.2 Å². The van der Waals surface area contributed by atoms with Crippen LogP contribution in [-0.4, -0.2) is 47.5 Å². The van der Waals surface area contributed by atoms with Gasteiger partial charge in [-0.2, -0.15) is 0 Å². The van der Waals surface area contributed by atoms with Gasteiger partial charge in [-0.05, 0) is 32.0 Å². The van der Waals surface area contributed by atoms with Gasteiger partial charge in [-0.1, -0.05) is 48.5 Å². The second-order valence-electron chi connectivity index (χ2n) is 8.48. The average molecular weight is 459 g/mol. The van der Waals surface area contributed by atoms with Crippen molar-refractivity contribution in [2.24, 2.45) is 0 Å². The van der Waals surface area contributed by atoms with Crippen molar-refractivity contribution in [1.29, 1.82) is 0 Å². The Balaban J connectivity index is 1.64. The largest absolute Gasteiger partial charge is 0.493 e. The third-order valence-corrected chi connectivity index (χ3v) is 6.38. The summed E-state index contributed by atoms with van der Waals surface area (Å²) in [5, 5.41) is 7.33. The molecule has 0 aliphatic carbocycles. The summed E-state index contributed by atoms with van der Waals surface area (Å²) in [4.78, 5) is 43.0. The lowest BCUT2D eigenvalue weighted by atomic mass is 10.1. The van der Waals surface area contributed by atoms with E-state index >= 15 is 0 Å². The Hall–Kier alpha value is -3.91. The Morgan fingerprint density at radius 3 is 2.50 bits per heavy atom. The summed E-state index contributed by atoms with van der Waals surface area (Å²) in [5.41, 5.74) is 1.49. The quantitative estimate of drug-likeness (QED) is 0.386. The number of fused-ring (bicyclic) bond motifs is 3. The van der Waals surface area contributed by atoms with E-state index in [1.165, 1.54) is 11.7 Å². The summed E-state index contributed by atoms with van der Waals surface area (Å²) < 4.78 is 7.04. The number of nitrogens with zero attached hydrogens (tertiary/aromatic N) is 1. The summed E-state index contributed by atoms with van der Waals surface area (Å²) in [5.74, 6) is -0.293. The predicted octanol–water partition coefficient (Wildman–Crippen LogP) is 2.86. The molecule has 1 aliphatic heterocycles. The number of carbonyl (C=O) groups excluding carboxylic acids is 2. The number of pyridine rings is 1. The Morgan fingerprint density at radius 1 is 1.06 bits per heavy atom. The average Bonchev–Trinajstić information content (AvgIpc) is 3.28. The van der Waals surface area contributed by atoms with Gasteiger partial charge in [0, 0.05) is 17.0 Å². The topological polar surface area (TPSA) is 105 Å². The van der Waals surface area contributed by atoms with E-state index in [2.05, 4.69) is 15.6 Å². The molecule has 1 saturated heterocycles. The number of ketones is 1. The first-order chi connectivity index (χ1) is 16.6. The molecule has 1 amide bonds. The number of piperidine rings is 1. The molecule has 5 rings (SSSR count). The third-order valence-electron chi connectivity index (χ3n) is 6.38. The molecule has 1 aliphatic rings. The molecule has 4 aromatic rings. The summed E-state index contributed by atoms with van der Waals surface area (Å²) in [6.45, 7) is 1.57. The molecule has 2 aromatic heterocycles. The number of methoxy groups -OCH3 is 1. The minimum Gasteiger partial charge on any atom is -0.493 e. The molecular weight excluding hydrogens is 432 g/mol. The number of aromatic amines is 1. The van der Waals surface area contributed by atoms with Crippen LogP contribution in [0.1, 0.15) is 33.7 Å². The second kappa shape index (κ2) is 9.15. The molecule has 34 heavy (non-hydrogen) atoms. The fourth-order valence-electron chi connectivity index (χ4n) is 4.66. The van der Waals surface area contributed by atoms with Gasteiger partial charge in [-0.25, -0.2) is 0 Å². The van der Waals surface area contributed by atoms with Gasteiger partial charge < -0.3 is 20.4 Å². The van der Waals surface area contributed by atoms with Gasteiger partial charge in [0.15, 0.2) is 11.5 Å². The number of rotatable bonds is 6. The van der Waals surface area contributed by atoms with E-state index in [0.29, 0.717) is 16.6 Å². The zero-order valence-corrected chi connectivity index (χ0v) is 18.9. The monoisotopic (exact) mass is 458 g/mol. The van der Waals surface area contributed by atoms with Gasteiger partial charge in [-0.15, -0.1) is 0 Å². The number of nitrogens with one attached hydrogen (secondary N) is 3. The van der Waals surface area contributed by atoms with E-state index in [9.17, 15) is 14.4 Å². The van der Waals surface area contributed by atoms with E-state index in [1.54, 1.807) is 30.3 Å². The molecule has 0 saturated carbocycles. The van der Waals surface area contributed by atoms with Gasteiger partial charge in [-0.3, -0.25) is 19.0 Å². The Bertz CT molecular complexity index is 1430. The minimum atomic E-state index is -0.382. The standard InChI is InChI=1S/C26H26N4O4/c1-34-24-21-22(29-23(24)25(32)28-17-11-13-27-14-12-17)18-9-5-6-10-19(18)30(26(21)33)15-20(31)16-7-3-2-4-8-16/h2-10,17,27,29H,11-15H2,1H3,(H,28,32). The normalized spacial score (nSPS) is 14.4. The number of hydrogen-bond acceptors (Lipinski definition) is 5. The third kappa shape index (κ3) is 3.86. The van der Waals surface area contributed by atoms with Gasteiger partial charge >= 0.3 is 0 Å². The first kappa shape index (κ1) is 21.9. The smallest absolute Gasteiger partial charge is 0.271 e. The zero-order valence-electron chi connectivity index (χ0n) is 18.9. The molecule has 0 atom stereocenters. The van der Waals surface area contributed by atoms with Crippen LogP contribution in [0, 0.1) is 0 Å². The highest BCUT2D eigenvalue weighted by Crippen LogP contribution is 2.32. The van der Waals surface area contributed by atoms with E-state index in [-0.39, 0.29) is 46.7 Å². The van der Waals surface area contributed by atoms with Crippen LogP contribution in [-0.2, 0) is 6.54 Å².